The van der Waals surface area contributed by atoms with Gasteiger partial charge in [0, 0.05) is 10.9 Å². The molecular formula is C27H23BrN2O6. The van der Waals surface area contributed by atoms with Crippen LogP contribution in [0.3, 0.4) is 0 Å². The van der Waals surface area contributed by atoms with Crippen LogP contribution in [0.2, 0.25) is 0 Å². The fraction of sp³-hybridized carbons (Fsp3) is 0.148. The van der Waals surface area contributed by atoms with Crippen LogP contribution in [0.5, 0.6) is 17.2 Å². The fourth-order valence-electron chi connectivity index (χ4n) is 3.49. The molecule has 3 aromatic carbocycles. The number of halogens is 1. The number of para-hydroxylation sites is 1. The van der Waals surface area contributed by atoms with E-state index in [1.807, 2.05) is 30.3 Å². The number of urea groups is 1. The molecule has 0 unspecified atom stereocenters. The minimum atomic E-state index is -0.804. The summed E-state index contributed by atoms with van der Waals surface area (Å²) in [7, 11) is 1.50. The molecule has 0 aliphatic carbocycles. The Kier molecular flexibility index (Phi) is 8.02. The quantitative estimate of drug-likeness (QED) is 0.229. The topological polar surface area (TPSA) is 94.2 Å². The minimum Gasteiger partial charge on any atom is -0.493 e. The highest BCUT2D eigenvalue weighted by molar-refractivity contribution is 9.10. The number of ether oxygens (including phenoxy) is 3. The average molecular weight is 551 g/mol. The van der Waals surface area contributed by atoms with Gasteiger partial charge in [0.05, 0.1) is 26.0 Å². The second-order valence-corrected chi connectivity index (χ2v) is 8.62. The van der Waals surface area contributed by atoms with Gasteiger partial charge in [-0.2, -0.15) is 0 Å². The van der Waals surface area contributed by atoms with Gasteiger partial charge in [-0.3, -0.25) is 14.9 Å². The normalized spacial score (nSPS) is 14.6. The van der Waals surface area contributed by atoms with Crippen molar-refractivity contribution in [2.75, 3.05) is 25.2 Å². The Hall–Kier alpha value is -4.11. The van der Waals surface area contributed by atoms with Crippen LogP contribution in [-0.2, 0) is 9.59 Å². The largest absolute Gasteiger partial charge is 0.493 e. The van der Waals surface area contributed by atoms with Gasteiger partial charge >= 0.3 is 6.03 Å². The first kappa shape index (κ1) is 25.0. The third-order valence-electron chi connectivity index (χ3n) is 5.24. The monoisotopic (exact) mass is 550 g/mol. The number of nitrogens with zero attached hydrogens (tertiary/aromatic N) is 1. The van der Waals surface area contributed by atoms with Crippen LogP contribution in [-0.4, -0.2) is 38.2 Å². The number of hydrogen-bond donors (Lipinski definition) is 1. The number of imide groups is 2. The molecule has 0 saturated carbocycles. The molecule has 0 bridgehead atoms. The second-order valence-electron chi connectivity index (χ2n) is 7.71. The molecule has 1 fully saturated rings. The summed E-state index contributed by atoms with van der Waals surface area (Å²) < 4.78 is 17.7. The molecule has 0 aromatic heterocycles. The molecule has 1 N–H and O–H groups in total. The number of rotatable bonds is 9. The van der Waals surface area contributed by atoms with Crippen LogP contribution >= 0.6 is 15.9 Å². The molecule has 1 aliphatic heterocycles. The second kappa shape index (κ2) is 11.5. The fourth-order valence-corrected chi connectivity index (χ4v) is 3.75. The van der Waals surface area contributed by atoms with E-state index in [1.54, 1.807) is 42.5 Å². The van der Waals surface area contributed by atoms with Crippen LogP contribution in [0, 0.1) is 0 Å². The van der Waals surface area contributed by atoms with Gasteiger partial charge in [0.25, 0.3) is 11.8 Å². The first-order valence-electron chi connectivity index (χ1n) is 11.1. The summed E-state index contributed by atoms with van der Waals surface area (Å²) in [6.07, 6.45) is 2.08. The summed E-state index contributed by atoms with van der Waals surface area (Å²) in [4.78, 5) is 38.8. The first-order chi connectivity index (χ1) is 17.5. The molecular weight excluding hydrogens is 528 g/mol. The molecule has 0 radical (unpaired) electrons. The van der Waals surface area contributed by atoms with Gasteiger partial charge in [0.15, 0.2) is 11.5 Å². The third kappa shape index (κ3) is 5.92. The molecule has 184 valence electrons. The maximum atomic E-state index is 13.1. The molecule has 4 amide bonds. The van der Waals surface area contributed by atoms with Crippen molar-refractivity contribution >= 4 is 45.5 Å². The zero-order valence-electron chi connectivity index (χ0n) is 19.4. The Morgan fingerprint density at radius 2 is 1.61 bits per heavy atom. The van der Waals surface area contributed by atoms with Gasteiger partial charge in [0.1, 0.15) is 11.3 Å². The maximum Gasteiger partial charge on any atom is 0.335 e. The molecule has 36 heavy (non-hydrogen) atoms. The molecule has 0 atom stereocenters. The van der Waals surface area contributed by atoms with Gasteiger partial charge in [-0.05, 0) is 60.2 Å². The first-order valence-corrected chi connectivity index (χ1v) is 11.9. The summed E-state index contributed by atoms with van der Waals surface area (Å²) in [5.41, 5.74) is 0.707. The van der Waals surface area contributed by atoms with Crippen LogP contribution in [0.15, 0.2) is 82.8 Å². The van der Waals surface area contributed by atoms with Crippen LogP contribution in [0.4, 0.5) is 10.5 Å². The number of methoxy groups -OCH3 is 1. The Labute approximate surface area is 216 Å². The highest BCUT2D eigenvalue weighted by Crippen LogP contribution is 2.30. The summed E-state index contributed by atoms with van der Waals surface area (Å²) in [5, 5.41) is 2.21. The molecule has 4 rings (SSSR count). The van der Waals surface area contributed by atoms with Crippen LogP contribution in [0.25, 0.3) is 6.08 Å². The van der Waals surface area contributed by atoms with E-state index in [1.165, 1.54) is 13.2 Å². The highest BCUT2D eigenvalue weighted by Gasteiger charge is 2.36. The Morgan fingerprint density at radius 1 is 0.889 bits per heavy atom. The molecule has 1 saturated heterocycles. The van der Waals surface area contributed by atoms with Crippen molar-refractivity contribution < 1.29 is 28.6 Å². The molecule has 9 heteroatoms. The van der Waals surface area contributed by atoms with E-state index < -0.39 is 17.8 Å². The SMILES string of the molecule is COc1cc(/C=C2\C(=O)NC(=O)N(c3ccc(Br)cc3)C2=O)ccc1OCCCOc1ccccc1. The molecule has 8 nitrogen and oxygen atoms in total. The van der Waals surface area contributed by atoms with Gasteiger partial charge < -0.3 is 14.2 Å². The van der Waals surface area contributed by atoms with E-state index in [2.05, 4.69) is 21.2 Å². The number of amides is 4. The summed E-state index contributed by atoms with van der Waals surface area (Å²) in [5.74, 6) is 0.275. The van der Waals surface area contributed by atoms with Crippen molar-refractivity contribution in [2.45, 2.75) is 6.42 Å². The van der Waals surface area contributed by atoms with Crippen molar-refractivity contribution in [3.63, 3.8) is 0 Å². The summed E-state index contributed by atoms with van der Waals surface area (Å²) in [6, 6.07) is 20.4. The van der Waals surface area contributed by atoms with Crippen LogP contribution < -0.4 is 24.4 Å². The lowest BCUT2D eigenvalue weighted by Gasteiger charge is -2.26. The van der Waals surface area contributed by atoms with Crippen molar-refractivity contribution in [1.29, 1.82) is 0 Å². The third-order valence-corrected chi connectivity index (χ3v) is 5.77. The molecule has 0 spiro atoms. The standard InChI is InChI=1S/C27H23BrN2O6/c1-34-24-17-18(8-13-23(24)36-15-5-14-35-21-6-3-2-4-7-21)16-22-25(31)29-27(33)30(26(22)32)20-11-9-19(28)10-12-20/h2-4,6-13,16-17H,5,14-15H2,1H3,(H,29,31,33)/b22-16+. The number of barbiturate groups is 1. The smallest absolute Gasteiger partial charge is 0.335 e. The Morgan fingerprint density at radius 3 is 2.33 bits per heavy atom. The van der Waals surface area contributed by atoms with Crippen molar-refractivity contribution in [3.8, 4) is 17.2 Å². The molecule has 1 aliphatic rings. The average Bonchev–Trinajstić information content (AvgIpc) is 2.88. The summed E-state index contributed by atoms with van der Waals surface area (Å²) in [6.45, 7) is 0.913. The Bertz CT molecular complexity index is 1290. The van der Waals surface area contributed by atoms with E-state index in [9.17, 15) is 14.4 Å². The number of carbonyl (C=O) groups excluding carboxylic acids is 3. The van der Waals surface area contributed by atoms with E-state index in [0.717, 1.165) is 15.1 Å². The predicted octanol–water partition coefficient (Wildman–Crippen LogP) is 4.97. The molecule has 3 aromatic rings. The lowest BCUT2D eigenvalue weighted by molar-refractivity contribution is -0.122. The van der Waals surface area contributed by atoms with E-state index >= 15 is 0 Å². The highest BCUT2D eigenvalue weighted by atomic mass is 79.9. The van der Waals surface area contributed by atoms with Gasteiger partial charge in [-0.15, -0.1) is 0 Å². The maximum absolute atomic E-state index is 13.1. The number of carbonyl (C=O) groups is 3. The zero-order valence-corrected chi connectivity index (χ0v) is 21.0. The lowest BCUT2D eigenvalue weighted by Crippen LogP contribution is -2.54. The van der Waals surface area contributed by atoms with Gasteiger partial charge in [-0.25, -0.2) is 9.69 Å². The Balaban J connectivity index is 1.44. The number of nitrogens with one attached hydrogen (secondary N) is 1. The van der Waals surface area contributed by atoms with E-state index in [4.69, 9.17) is 14.2 Å². The lowest BCUT2D eigenvalue weighted by atomic mass is 10.1. The van der Waals surface area contributed by atoms with Crippen LogP contribution in [0.1, 0.15) is 12.0 Å². The number of benzene rings is 3. The van der Waals surface area contributed by atoms with E-state index in [0.29, 0.717) is 42.4 Å². The number of hydrogen-bond acceptors (Lipinski definition) is 6. The van der Waals surface area contributed by atoms with Gasteiger partial charge in [-0.1, -0.05) is 40.2 Å². The predicted molar refractivity (Wildman–Crippen MR) is 138 cm³/mol. The number of anilines is 1. The van der Waals surface area contributed by atoms with Gasteiger partial charge in [0.2, 0.25) is 0 Å². The van der Waals surface area contributed by atoms with Crippen molar-refractivity contribution in [2.24, 2.45) is 0 Å². The zero-order chi connectivity index (χ0) is 25.5. The minimum absolute atomic E-state index is 0.175. The summed E-state index contributed by atoms with van der Waals surface area (Å²) >= 11 is 3.32. The van der Waals surface area contributed by atoms with E-state index in [-0.39, 0.29) is 5.57 Å². The van der Waals surface area contributed by atoms with Crippen molar-refractivity contribution in [3.05, 3.63) is 88.4 Å². The molecule has 1 heterocycles. The van der Waals surface area contributed by atoms with Crippen molar-refractivity contribution in [1.82, 2.24) is 5.32 Å².